The van der Waals surface area contributed by atoms with E-state index in [1.807, 2.05) is 6.92 Å². The third-order valence-electron chi connectivity index (χ3n) is 2.82. The van der Waals surface area contributed by atoms with Crippen LogP contribution in [0.25, 0.3) is 0 Å². The van der Waals surface area contributed by atoms with Gasteiger partial charge in [0.2, 0.25) is 0 Å². The first-order valence-electron chi connectivity index (χ1n) is 5.59. The highest BCUT2D eigenvalue weighted by atomic mass is 32.1. The number of nitrogens with one attached hydrogen (secondary N) is 2. The summed E-state index contributed by atoms with van der Waals surface area (Å²) in [7, 11) is 0. The molecular weight excluding hydrogens is 261 g/mol. The number of rotatable bonds is 1. The van der Waals surface area contributed by atoms with Crippen LogP contribution in [0.3, 0.4) is 0 Å². The van der Waals surface area contributed by atoms with Crippen LogP contribution in [0.15, 0.2) is 24.3 Å². The van der Waals surface area contributed by atoms with Crippen molar-refractivity contribution < 1.29 is 13.2 Å². The van der Waals surface area contributed by atoms with E-state index in [0.29, 0.717) is 0 Å². The van der Waals surface area contributed by atoms with Crippen molar-refractivity contribution in [1.82, 2.24) is 10.6 Å². The van der Waals surface area contributed by atoms with Crippen LogP contribution in [0.4, 0.5) is 13.2 Å². The standard InChI is InChI=1S/C12H13F3N2S/c1-7-6-10(18)17-11(16-7)8-2-4-9(5-3-8)12(13,14)15/h2-5,7,11,16H,6H2,1H3,(H,17,18). The van der Waals surface area contributed by atoms with E-state index in [2.05, 4.69) is 10.6 Å². The molecular formula is C12H13F3N2S. The number of benzene rings is 1. The van der Waals surface area contributed by atoms with Gasteiger partial charge in [-0.1, -0.05) is 24.4 Å². The number of thiocarbonyl (C=S) groups is 1. The molecule has 1 aliphatic heterocycles. The molecule has 1 aliphatic rings. The van der Waals surface area contributed by atoms with E-state index in [-0.39, 0.29) is 12.2 Å². The lowest BCUT2D eigenvalue weighted by molar-refractivity contribution is -0.137. The molecule has 0 spiro atoms. The van der Waals surface area contributed by atoms with Gasteiger partial charge in [-0.05, 0) is 24.6 Å². The summed E-state index contributed by atoms with van der Waals surface area (Å²) in [5, 5.41) is 6.30. The van der Waals surface area contributed by atoms with E-state index in [0.717, 1.165) is 29.1 Å². The number of halogens is 3. The molecule has 0 aliphatic carbocycles. The molecule has 1 saturated heterocycles. The summed E-state index contributed by atoms with van der Waals surface area (Å²) in [6.45, 7) is 1.99. The minimum atomic E-state index is -4.30. The van der Waals surface area contributed by atoms with E-state index >= 15 is 0 Å². The van der Waals surface area contributed by atoms with Crippen LogP contribution in [-0.4, -0.2) is 11.0 Å². The summed E-state index contributed by atoms with van der Waals surface area (Å²) in [4.78, 5) is 0.728. The maximum atomic E-state index is 12.4. The maximum Gasteiger partial charge on any atom is 0.416 e. The van der Waals surface area contributed by atoms with Crippen molar-refractivity contribution in [1.29, 1.82) is 0 Å². The Bertz CT molecular complexity index is 442. The van der Waals surface area contributed by atoms with E-state index in [1.165, 1.54) is 12.1 Å². The molecule has 1 aromatic carbocycles. The molecule has 1 fully saturated rings. The third-order valence-corrected chi connectivity index (χ3v) is 3.10. The van der Waals surface area contributed by atoms with Crippen LogP contribution in [0.5, 0.6) is 0 Å². The van der Waals surface area contributed by atoms with Crippen LogP contribution in [0.1, 0.15) is 30.6 Å². The van der Waals surface area contributed by atoms with Gasteiger partial charge >= 0.3 is 6.18 Å². The Morgan fingerprint density at radius 1 is 1.22 bits per heavy atom. The van der Waals surface area contributed by atoms with Crippen molar-refractivity contribution in [3.8, 4) is 0 Å². The smallest absolute Gasteiger partial charge is 0.360 e. The Balaban J connectivity index is 2.17. The lowest BCUT2D eigenvalue weighted by Gasteiger charge is -2.31. The average Bonchev–Trinajstić information content (AvgIpc) is 2.27. The molecule has 2 nitrogen and oxygen atoms in total. The van der Waals surface area contributed by atoms with Crippen molar-refractivity contribution in [3.63, 3.8) is 0 Å². The molecule has 0 radical (unpaired) electrons. The summed E-state index contributed by atoms with van der Waals surface area (Å²) < 4.78 is 37.3. The first kappa shape index (κ1) is 13.3. The summed E-state index contributed by atoms with van der Waals surface area (Å²) in [6.07, 6.45) is -3.77. The summed E-state index contributed by atoms with van der Waals surface area (Å²) >= 11 is 5.11. The Labute approximate surface area is 109 Å². The SMILES string of the molecule is CC1CC(=S)NC(c2ccc(C(F)(F)F)cc2)N1. The molecule has 1 aromatic rings. The van der Waals surface area contributed by atoms with Crippen molar-refractivity contribution in [2.24, 2.45) is 0 Å². The fraction of sp³-hybridized carbons (Fsp3) is 0.417. The zero-order valence-corrected chi connectivity index (χ0v) is 10.5. The molecule has 2 N–H and O–H groups in total. The van der Waals surface area contributed by atoms with Gasteiger partial charge in [-0.2, -0.15) is 13.2 Å². The molecule has 18 heavy (non-hydrogen) atoms. The predicted octanol–water partition coefficient (Wildman–Crippen LogP) is 3.00. The van der Waals surface area contributed by atoms with Gasteiger partial charge < -0.3 is 5.32 Å². The highest BCUT2D eigenvalue weighted by molar-refractivity contribution is 7.80. The van der Waals surface area contributed by atoms with Crippen LogP contribution in [-0.2, 0) is 6.18 Å². The van der Waals surface area contributed by atoms with Crippen LogP contribution < -0.4 is 10.6 Å². The van der Waals surface area contributed by atoms with Crippen LogP contribution in [0, 0.1) is 0 Å². The number of hydrogen-bond donors (Lipinski definition) is 2. The van der Waals surface area contributed by atoms with Crippen molar-refractivity contribution in [3.05, 3.63) is 35.4 Å². The lowest BCUT2D eigenvalue weighted by Crippen LogP contribution is -2.48. The monoisotopic (exact) mass is 274 g/mol. The molecule has 2 unspecified atom stereocenters. The summed E-state index contributed by atoms with van der Waals surface area (Å²) in [5.74, 6) is 0. The van der Waals surface area contributed by atoms with Gasteiger partial charge in [-0.3, -0.25) is 5.32 Å². The summed E-state index contributed by atoms with van der Waals surface area (Å²) in [6, 6.07) is 5.32. The molecule has 2 rings (SSSR count). The van der Waals surface area contributed by atoms with Crippen molar-refractivity contribution in [2.45, 2.75) is 31.7 Å². The predicted molar refractivity (Wildman–Crippen MR) is 67.1 cm³/mol. The molecule has 1 heterocycles. The molecule has 6 heteroatoms. The minimum absolute atomic E-state index is 0.214. The van der Waals surface area contributed by atoms with Gasteiger partial charge in [-0.25, -0.2) is 0 Å². The van der Waals surface area contributed by atoms with E-state index in [9.17, 15) is 13.2 Å². The fourth-order valence-corrected chi connectivity index (χ4v) is 2.30. The van der Waals surface area contributed by atoms with E-state index in [1.54, 1.807) is 0 Å². The molecule has 2 atom stereocenters. The fourth-order valence-electron chi connectivity index (χ4n) is 1.93. The maximum absolute atomic E-state index is 12.4. The highest BCUT2D eigenvalue weighted by Gasteiger charge is 2.30. The molecule has 0 aromatic heterocycles. The first-order chi connectivity index (χ1) is 8.36. The quantitative estimate of drug-likeness (QED) is 0.770. The lowest BCUT2D eigenvalue weighted by atomic mass is 10.1. The second-order valence-corrected chi connectivity index (χ2v) is 4.88. The Morgan fingerprint density at radius 2 is 1.83 bits per heavy atom. The third kappa shape index (κ3) is 3.00. The Hall–Kier alpha value is -1.14. The highest BCUT2D eigenvalue weighted by Crippen LogP contribution is 2.30. The first-order valence-corrected chi connectivity index (χ1v) is 5.99. The van der Waals surface area contributed by atoms with Gasteiger partial charge in [0.05, 0.1) is 10.6 Å². The van der Waals surface area contributed by atoms with Crippen LogP contribution >= 0.6 is 12.2 Å². The van der Waals surface area contributed by atoms with Gasteiger partial charge in [0.25, 0.3) is 0 Å². The van der Waals surface area contributed by atoms with Gasteiger partial charge in [0, 0.05) is 12.5 Å². The van der Waals surface area contributed by atoms with E-state index < -0.39 is 11.7 Å². The van der Waals surface area contributed by atoms with Gasteiger partial charge in [0.1, 0.15) is 6.17 Å². The second-order valence-electron chi connectivity index (χ2n) is 4.39. The minimum Gasteiger partial charge on any atom is -0.360 e. The van der Waals surface area contributed by atoms with Gasteiger partial charge in [0.15, 0.2) is 0 Å². The topological polar surface area (TPSA) is 24.1 Å². The number of alkyl halides is 3. The van der Waals surface area contributed by atoms with E-state index in [4.69, 9.17) is 12.2 Å². The molecule has 0 amide bonds. The Morgan fingerprint density at radius 3 is 2.33 bits per heavy atom. The number of hydrogen-bond acceptors (Lipinski definition) is 2. The molecule has 0 saturated carbocycles. The normalized spacial score (nSPS) is 24.8. The van der Waals surface area contributed by atoms with Crippen molar-refractivity contribution >= 4 is 17.2 Å². The van der Waals surface area contributed by atoms with Crippen molar-refractivity contribution in [2.75, 3.05) is 0 Å². The van der Waals surface area contributed by atoms with Crippen LogP contribution in [0.2, 0.25) is 0 Å². The second kappa shape index (κ2) is 4.85. The largest absolute Gasteiger partial charge is 0.416 e. The zero-order chi connectivity index (χ0) is 13.3. The Kier molecular flexibility index (Phi) is 3.59. The average molecular weight is 274 g/mol. The van der Waals surface area contributed by atoms with Gasteiger partial charge in [-0.15, -0.1) is 0 Å². The zero-order valence-electron chi connectivity index (χ0n) is 9.71. The molecule has 0 bridgehead atoms. The summed E-state index contributed by atoms with van der Waals surface area (Å²) in [5.41, 5.74) is 0.106. The molecule has 98 valence electrons.